The molecule has 2 rings (SSSR count). The van der Waals surface area contributed by atoms with E-state index in [0.717, 1.165) is 30.5 Å². The zero-order valence-electron chi connectivity index (χ0n) is 13.3. The van der Waals surface area contributed by atoms with Gasteiger partial charge in [-0.2, -0.15) is 0 Å². The Morgan fingerprint density at radius 2 is 1.91 bits per heavy atom. The lowest BCUT2D eigenvalue weighted by Crippen LogP contribution is -2.46. The Morgan fingerprint density at radius 3 is 2.57 bits per heavy atom. The number of ether oxygens (including phenoxy) is 1. The Labute approximate surface area is 155 Å². The molecule has 130 valence electrons. The molecule has 0 aliphatic carbocycles. The maximum atomic E-state index is 12.4. The first-order valence-electron chi connectivity index (χ1n) is 7.60. The predicted molar refractivity (Wildman–Crippen MR) is 98.1 cm³/mol. The highest BCUT2D eigenvalue weighted by atomic mass is 79.9. The summed E-state index contributed by atoms with van der Waals surface area (Å²) in [6.45, 7) is 7.20. The summed E-state index contributed by atoms with van der Waals surface area (Å²) in [7, 11) is -3.51. The number of morpholine rings is 1. The second-order valence-corrected chi connectivity index (χ2v) is 9.35. The fourth-order valence-corrected chi connectivity index (χ4v) is 5.31. The van der Waals surface area contributed by atoms with Crippen LogP contribution in [0.3, 0.4) is 0 Å². The van der Waals surface area contributed by atoms with E-state index in [9.17, 15) is 8.42 Å². The van der Waals surface area contributed by atoms with Crippen molar-refractivity contribution in [3.05, 3.63) is 27.1 Å². The second kappa shape index (κ2) is 8.40. The Balaban J connectivity index is 1.84. The summed E-state index contributed by atoms with van der Waals surface area (Å²) < 4.78 is 34.4. The number of nitrogens with one attached hydrogen (secondary N) is 1. The van der Waals surface area contributed by atoms with E-state index in [2.05, 4.69) is 55.3 Å². The number of hydrogen-bond donors (Lipinski definition) is 1. The number of nitrogens with zero attached hydrogens (tertiary/aromatic N) is 1. The topological polar surface area (TPSA) is 58.6 Å². The summed E-state index contributed by atoms with van der Waals surface area (Å²) in [6, 6.07) is 5.11. The average Bonchev–Trinajstić information content (AvgIpc) is 2.45. The summed E-state index contributed by atoms with van der Waals surface area (Å²) in [5, 5.41) is 0. The monoisotopic (exact) mass is 468 g/mol. The van der Waals surface area contributed by atoms with Gasteiger partial charge in [-0.25, -0.2) is 13.1 Å². The molecule has 0 aromatic heterocycles. The highest BCUT2D eigenvalue weighted by molar-refractivity contribution is 9.11. The summed E-state index contributed by atoms with van der Waals surface area (Å²) >= 11 is 6.59. The van der Waals surface area contributed by atoms with Crippen molar-refractivity contribution in [1.82, 2.24) is 9.62 Å². The second-order valence-electron chi connectivity index (χ2n) is 5.84. The molecular formula is C15H22Br2N2O3S. The number of sulfonamides is 1. The standard InChI is InChI=1S/C15H22Br2N2O3S/c1-11-9-19(10-12(2)22-11)7-3-6-18-23(20,21)15-8-13(16)4-5-14(15)17/h4-5,8,11-12,18H,3,6-7,9-10H2,1-2H3. The Kier molecular flexibility index (Phi) is 7.06. The van der Waals surface area contributed by atoms with Crippen LogP contribution >= 0.6 is 31.9 Å². The third kappa shape index (κ3) is 5.79. The maximum absolute atomic E-state index is 12.4. The quantitative estimate of drug-likeness (QED) is 0.650. The van der Waals surface area contributed by atoms with Crippen molar-refractivity contribution >= 4 is 41.9 Å². The van der Waals surface area contributed by atoms with Crippen LogP contribution in [-0.2, 0) is 14.8 Å². The molecular weight excluding hydrogens is 448 g/mol. The first-order valence-corrected chi connectivity index (χ1v) is 10.7. The first kappa shape index (κ1) is 19.3. The van der Waals surface area contributed by atoms with Crippen LogP contribution in [0.1, 0.15) is 20.3 Å². The largest absolute Gasteiger partial charge is 0.373 e. The highest BCUT2D eigenvalue weighted by Crippen LogP contribution is 2.25. The molecule has 0 amide bonds. The predicted octanol–water partition coefficient (Wildman–Crippen LogP) is 2.99. The maximum Gasteiger partial charge on any atom is 0.241 e. The number of hydrogen-bond acceptors (Lipinski definition) is 4. The van der Waals surface area contributed by atoms with Crippen LogP contribution in [0.5, 0.6) is 0 Å². The van der Waals surface area contributed by atoms with E-state index in [-0.39, 0.29) is 17.1 Å². The number of benzene rings is 1. The molecule has 1 aliphatic heterocycles. The summed E-state index contributed by atoms with van der Waals surface area (Å²) in [5.74, 6) is 0. The van der Waals surface area contributed by atoms with E-state index in [0.29, 0.717) is 11.0 Å². The van der Waals surface area contributed by atoms with Gasteiger partial charge in [0.05, 0.1) is 17.1 Å². The van der Waals surface area contributed by atoms with Crippen molar-refractivity contribution in [3.63, 3.8) is 0 Å². The van der Waals surface area contributed by atoms with E-state index < -0.39 is 10.0 Å². The molecule has 1 saturated heterocycles. The van der Waals surface area contributed by atoms with E-state index in [1.54, 1.807) is 18.2 Å². The minimum Gasteiger partial charge on any atom is -0.373 e. The molecule has 1 aromatic rings. The molecule has 2 atom stereocenters. The fraction of sp³-hybridized carbons (Fsp3) is 0.600. The van der Waals surface area contributed by atoms with Gasteiger partial charge in [0.1, 0.15) is 0 Å². The Bertz CT molecular complexity index is 630. The van der Waals surface area contributed by atoms with Crippen molar-refractivity contribution in [1.29, 1.82) is 0 Å². The molecule has 1 fully saturated rings. The summed E-state index contributed by atoms with van der Waals surface area (Å²) in [6.07, 6.45) is 1.23. The lowest BCUT2D eigenvalue weighted by Gasteiger charge is -2.35. The molecule has 0 saturated carbocycles. The van der Waals surface area contributed by atoms with Crippen molar-refractivity contribution in [2.45, 2.75) is 37.4 Å². The molecule has 1 aromatic carbocycles. The number of rotatable bonds is 6. The van der Waals surface area contributed by atoms with Gasteiger partial charge in [-0.05, 0) is 60.9 Å². The van der Waals surface area contributed by atoms with E-state index in [1.807, 2.05) is 0 Å². The molecule has 2 unspecified atom stereocenters. The van der Waals surface area contributed by atoms with E-state index >= 15 is 0 Å². The van der Waals surface area contributed by atoms with Gasteiger partial charge in [0.2, 0.25) is 10.0 Å². The van der Waals surface area contributed by atoms with Crippen molar-refractivity contribution in [3.8, 4) is 0 Å². The Hall–Kier alpha value is 0.01000. The molecule has 0 bridgehead atoms. The molecule has 0 radical (unpaired) electrons. The Morgan fingerprint density at radius 1 is 1.26 bits per heavy atom. The fourth-order valence-electron chi connectivity index (χ4n) is 2.74. The van der Waals surface area contributed by atoms with Gasteiger partial charge in [0.15, 0.2) is 0 Å². The van der Waals surface area contributed by atoms with Crippen LogP contribution < -0.4 is 4.72 Å². The van der Waals surface area contributed by atoms with Gasteiger partial charge in [-0.15, -0.1) is 0 Å². The minimum absolute atomic E-state index is 0.230. The number of halogens is 2. The molecule has 8 heteroatoms. The van der Waals surface area contributed by atoms with Gasteiger partial charge >= 0.3 is 0 Å². The molecule has 1 N–H and O–H groups in total. The summed E-state index contributed by atoms with van der Waals surface area (Å²) in [5.41, 5.74) is 0. The zero-order chi connectivity index (χ0) is 17.0. The van der Waals surface area contributed by atoms with Crippen LogP contribution in [0, 0.1) is 0 Å². The smallest absolute Gasteiger partial charge is 0.241 e. The molecule has 0 spiro atoms. The SMILES string of the molecule is CC1CN(CCCNS(=O)(=O)c2cc(Br)ccc2Br)CC(C)O1. The van der Waals surface area contributed by atoms with Crippen LogP contribution in [0.15, 0.2) is 32.0 Å². The lowest BCUT2D eigenvalue weighted by molar-refractivity contribution is -0.0679. The van der Waals surface area contributed by atoms with Gasteiger partial charge in [0.25, 0.3) is 0 Å². The highest BCUT2D eigenvalue weighted by Gasteiger charge is 2.22. The first-order chi connectivity index (χ1) is 10.8. The van der Waals surface area contributed by atoms with Crippen LogP contribution in [0.2, 0.25) is 0 Å². The van der Waals surface area contributed by atoms with Crippen LogP contribution in [-0.4, -0.2) is 51.7 Å². The van der Waals surface area contributed by atoms with Gasteiger partial charge in [0, 0.05) is 28.6 Å². The van der Waals surface area contributed by atoms with Gasteiger partial charge in [-0.1, -0.05) is 15.9 Å². The average molecular weight is 470 g/mol. The van der Waals surface area contributed by atoms with Crippen LogP contribution in [0.4, 0.5) is 0 Å². The van der Waals surface area contributed by atoms with Crippen molar-refractivity contribution in [2.24, 2.45) is 0 Å². The molecule has 5 nitrogen and oxygen atoms in total. The third-order valence-electron chi connectivity index (χ3n) is 3.62. The molecule has 23 heavy (non-hydrogen) atoms. The van der Waals surface area contributed by atoms with Gasteiger partial charge < -0.3 is 4.74 Å². The zero-order valence-corrected chi connectivity index (χ0v) is 17.2. The molecule has 1 aliphatic rings. The van der Waals surface area contributed by atoms with Crippen molar-refractivity contribution < 1.29 is 13.2 Å². The summed E-state index contributed by atoms with van der Waals surface area (Å²) in [4.78, 5) is 2.57. The minimum atomic E-state index is -3.51. The molecule has 1 heterocycles. The van der Waals surface area contributed by atoms with Crippen molar-refractivity contribution in [2.75, 3.05) is 26.2 Å². The van der Waals surface area contributed by atoms with Gasteiger partial charge in [-0.3, -0.25) is 4.90 Å². The van der Waals surface area contributed by atoms with Crippen LogP contribution in [0.25, 0.3) is 0 Å². The van der Waals surface area contributed by atoms with E-state index in [1.165, 1.54) is 0 Å². The lowest BCUT2D eigenvalue weighted by atomic mass is 10.2. The third-order valence-corrected chi connectivity index (χ3v) is 6.57. The normalized spacial score (nSPS) is 23.1. The van der Waals surface area contributed by atoms with E-state index in [4.69, 9.17) is 4.74 Å².